The summed E-state index contributed by atoms with van der Waals surface area (Å²) in [6.45, 7) is 4.54. The summed E-state index contributed by atoms with van der Waals surface area (Å²) >= 11 is 0. The Morgan fingerprint density at radius 2 is 1.29 bits per heavy atom. The zero-order valence-corrected chi connectivity index (χ0v) is 22.8. The predicted molar refractivity (Wildman–Crippen MR) is 162 cm³/mol. The lowest BCUT2D eigenvalue weighted by Crippen LogP contribution is -2.15. The second kappa shape index (κ2) is 8.90. The second-order valence-corrected chi connectivity index (χ2v) is 11.0. The fourth-order valence-electron chi connectivity index (χ4n) is 6.16. The Bertz CT molecular complexity index is 1910. The average molecular weight is 531 g/mol. The summed E-state index contributed by atoms with van der Waals surface area (Å²) in [5.74, 6) is 2.82. The first-order valence-corrected chi connectivity index (χ1v) is 13.8. The van der Waals surface area contributed by atoms with Crippen LogP contribution in [0.15, 0.2) is 121 Å². The number of hydrogen-bond donors (Lipinski definition) is 0. The number of rotatable bonds is 3. The van der Waals surface area contributed by atoms with Gasteiger partial charge in [0.1, 0.15) is 0 Å². The van der Waals surface area contributed by atoms with Crippen molar-refractivity contribution in [2.24, 2.45) is 0 Å². The first-order valence-electron chi connectivity index (χ1n) is 13.8. The van der Waals surface area contributed by atoms with Crippen LogP contribution < -0.4 is 9.47 Å². The molecule has 0 N–H and O–H groups in total. The molecule has 8 rings (SSSR count). The van der Waals surface area contributed by atoms with Gasteiger partial charge in [-0.2, -0.15) is 0 Å². The smallest absolute Gasteiger partial charge is 0.179 e. The van der Waals surface area contributed by atoms with Crippen molar-refractivity contribution in [1.29, 1.82) is 0 Å². The van der Waals surface area contributed by atoms with Crippen molar-refractivity contribution in [1.82, 2.24) is 9.97 Å². The molecule has 0 saturated carbocycles. The molecule has 196 valence electrons. The molecule has 0 bridgehead atoms. The van der Waals surface area contributed by atoms with E-state index in [0.717, 1.165) is 50.8 Å². The quantitative estimate of drug-likeness (QED) is 0.228. The summed E-state index contributed by atoms with van der Waals surface area (Å²) in [4.78, 5) is 9.69. The van der Waals surface area contributed by atoms with Gasteiger partial charge in [-0.05, 0) is 70.3 Å². The van der Waals surface area contributed by atoms with Crippen LogP contribution in [0.4, 0.5) is 0 Å². The standard InChI is InChI=1S/C37H26N2O2/c1-37(2)27-15-7-6-13-25(27)34-28(37)18-19-33-36(34)41-35-26(14-10-17-32(35)40-33)30-21-24(23-11-4-3-5-12-23)22-31(39-30)29-16-8-9-20-38-29/h3-22H,1-2H3. The summed E-state index contributed by atoms with van der Waals surface area (Å²) in [5.41, 5.74) is 10.1. The van der Waals surface area contributed by atoms with Crippen molar-refractivity contribution < 1.29 is 9.47 Å². The molecule has 1 aliphatic carbocycles. The molecule has 1 aliphatic heterocycles. The van der Waals surface area contributed by atoms with Crippen LogP contribution >= 0.6 is 0 Å². The molecule has 6 aromatic rings. The third-order valence-electron chi connectivity index (χ3n) is 8.20. The Morgan fingerprint density at radius 1 is 0.537 bits per heavy atom. The summed E-state index contributed by atoms with van der Waals surface area (Å²) in [7, 11) is 0. The van der Waals surface area contributed by atoms with Gasteiger partial charge < -0.3 is 9.47 Å². The molecule has 2 aliphatic rings. The average Bonchev–Trinajstić information content (AvgIpc) is 3.27. The zero-order chi connectivity index (χ0) is 27.6. The first-order chi connectivity index (χ1) is 20.1. The molecule has 0 atom stereocenters. The molecular weight excluding hydrogens is 504 g/mol. The van der Waals surface area contributed by atoms with Gasteiger partial charge in [-0.1, -0.05) is 86.6 Å². The highest BCUT2D eigenvalue weighted by atomic mass is 16.6. The molecule has 3 heterocycles. The molecule has 0 spiro atoms. The van der Waals surface area contributed by atoms with Gasteiger partial charge in [0, 0.05) is 22.7 Å². The lowest BCUT2D eigenvalue weighted by atomic mass is 9.82. The Morgan fingerprint density at radius 3 is 2.15 bits per heavy atom. The number of hydrogen-bond acceptors (Lipinski definition) is 4. The molecule has 0 saturated heterocycles. The van der Waals surface area contributed by atoms with Gasteiger partial charge in [0.05, 0.1) is 17.1 Å². The normalized spacial score (nSPS) is 13.7. The topological polar surface area (TPSA) is 44.2 Å². The Labute approximate surface area is 238 Å². The Balaban J connectivity index is 1.31. The monoisotopic (exact) mass is 530 g/mol. The minimum Gasteiger partial charge on any atom is -0.449 e. The third kappa shape index (κ3) is 3.68. The highest BCUT2D eigenvalue weighted by molar-refractivity contribution is 5.89. The van der Waals surface area contributed by atoms with Gasteiger partial charge >= 0.3 is 0 Å². The minimum absolute atomic E-state index is 0.132. The van der Waals surface area contributed by atoms with Gasteiger partial charge in [0.15, 0.2) is 23.0 Å². The highest BCUT2D eigenvalue weighted by Gasteiger charge is 2.39. The SMILES string of the molecule is CC1(C)c2ccccc2-c2c1ccc1c2Oc2c(cccc2-c2cc(-c3ccccc3)cc(-c3ccccn3)n2)O1. The van der Waals surface area contributed by atoms with Crippen LogP contribution in [0.3, 0.4) is 0 Å². The molecule has 0 radical (unpaired) electrons. The van der Waals surface area contributed by atoms with E-state index in [0.29, 0.717) is 11.5 Å². The number of benzene rings is 4. The van der Waals surface area contributed by atoms with Crippen LogP contribution in [-0.4, -0.2) is 9.97 Å². The van der Waals surface area contributed by atoms with E-state index in [4.69, 9.17) is 14.5 Å². The Hall–Kier alpha value is -5.22. The van der Waals surface area contributed by atoms with Crippen molar-refractivity contribution >= 4 is 0 Å². The largest absolute Gasteiger partial charge is 0.449 e. The van der Waals surface area contributed by atoms with E-state index in [1.807, 2.05) is 60.7 Å². The first kappa shape index (κ1) is 23.6. The third-order valence-corrected chi connectivity index (χ3v) is 8.20. The highest BCUT2D eigenvalue weighted by Crippen LogP contribution is 2.59. The van der Waals surface area contributed by atoms with E-state index in [1.54, 1.807) is 6.20 Å². The fourth-order valence-corrected chi connectivity index (χ4v) is 6.16. The molecule has 0 amide bonds. The van der Waals surface area contributed by atoms with Crippen LogP contribution in [0.25, 0.3) is 44.9 Å². The van der Waals surface area contributed by atoms with Gasteiger partial charge in [0.25, 0.3) is 0 Å². The molecule has 0 fully saturated rings. The van der Waals surface area contributed by atoms with Crippen LogP contribution in [0.2, 0.25) is 0 Å². The number of aromatic nitrogens is 2. The molecule has 0 unspecified atom stereocenters. The van der Waals surface area contributed by atoms with Crippen molar-refractivity contribution in [3.05, 3.63) is 133 Å². The number of para-hydroxylation sites is 1. The summed E-state index contributed by atoms with van der Waals surface area (Å²) < 4.78 is 13.4. The van der Waals surface area contributed by atoms with Gasteiger partial charge in [0.2, 0.25) is 0 Å². The Kier molecular flexibility index (Phi) is 5.13. The van der Waals surface area contributed by atoms with Gasteiger partial charge in [-0.3, -0.25) is 4.98 Å². The predicted octanol–water partition coefficient (Wildman–Crippen LogP) is 9.68. The zero-order valence-electron chi connectivity index (χ0n) is 22.8. The minimum atomic E-state index is -0.132. The second-order valence-electron chi connectivity index (χ2n) is 11.0. The molecule has 4 aromatic carbocycles. The van der Waals surface area contributed by atoms with Crippen LogP contribution in [-0.2, 0) is 5.41 Å². The van der Waals surface area contributed by atoms with Crippen molar-refractivity contribution in [2.45, 2.75) is 19.3 Å². The van der Waals surface area contributed by atoms with E-state index in [1.165, 1.54) is 16.7 Å². The van der Waals surface area contributed by atoms with Gasteiger partial charge in [-0.25, -0.2) is 4.98 Å². The number of ether oxygens (including phenoxy) is 2. The van der Waals surface area contributed by atoms with Crippen LogP contribution in [0, 0.1) is 0 Å². The van der Waals surface area contributed by atoms with Crippen molar-refractivity contribution in [3.8, 4) is 67.9 Å². The summed E-state index contributed by atoms with van der Waals surface area (Å²) in [6, 6.07) is 39.2. The molecular formula is C37H26N2O2. The van der Waals surface area contributed by atoms with Crippen molar-refractivity contribution in [3.63, 3.8) is 0 Å². The van der Waals surface area contributed by atoms with Gasteiger partial charge in [-0.15, -0.1) is 0 Å². The van der Waals surface area contributed by atoms with Crippen LogP contribution in [0.1, 0.15) is 25.0 Å². The molecule has 4 heteroatoms. The molecule has 2 aromatic heterocycles. The summed E-state index contributed by atoms with van der Waals surface area (Å²) in [6.07, 6.45) is 1.80. The summed E-state index contributed by atoms with van der Waals surface area (Å²) in [5, 5.41) is 0. The lowest BCUT2D eigenvalue weighted by Gasteiger charge is -2.26. The lowest BCUT2D eigenvalue weighted by molar-refractivity contribution is 0.361. The van der Waals surface area contributed by atoms with E-state index in [9.17, 15) is 0 Å². The number of nitrogens with zero attached hydrogens (tertiary/aromatic N) is 2. The maximum atomic E-state index is 6.87. The van der Waals surface area contributed by atoms with E-state index >= 15 is 0 Å². The van der Waals surface area contributed by atoms with E-state index in [-0.39, 0.29) is 5.41 Å². The number of pyridine rings is 2. The maximum Gasteiger partial charge on any atom is 0.179 e. The fraction of sp³-hybridized carbons (Fsp3) is 0.0811. The maximum absolute atomic E-state index is 6.87. The molecule has 41 heavy (non-hydrogen) atoms. The molecule has 4 nitrogen and oxygen atoms in total. The van der Waals surface area contributed by atoms with Crippen LogP contribution in [0.5, 0.6) is 23.0 Å². The van der Waals surface area contributed by atoms with E-state index < -0.39 is 0 Å². The number of fused-ring (bicyclic) bond motifs is 6. The van der Waals surface area contributed by atoms with E-state index in [2.05, 4.69) is 73.4 Å². The van der Waals surface area contributed by atoms with Crippen molar-refractivity contribution in [2.75, 3.05) is 0 Å².